The highest BCUT2D eigenvalue weighted by atomic mass is 16.4. The molecule has 1 aromatic rings. The van der Waals surface area contributed by atoms with Crippen LogP contribution in [0, 0.1) is 6.92 Å². The van der Waals surface area contributed by atoms with Gasteiger partial charge in [0, 0.05) is 7.05 Å². The Morgan fingerprint density at radius 3 is 2.80 bits per heavy atom. The molecule has 1 heterocycles. The van der Waals surface area contributed by atoms with E-state index in [2.05, 4.69) is 15.2 Å². The summed E-state index contributed by atoms with van der Waals surface area (Å²) in [5, 5.41) is 14.9. The van der Waals surface area contributed by atoms with E-state index in [4.69, 9.17) is 5.21 Å². The number of oxime groups is 1. The van der Waals surface area contributed by atoms with Crippen LogP contribution in [0.5, 0.6) is 0 Å². The maximum absolute atomic E-state index is 8.14. The summed E-state index contributed by atoms with van der Waals surface area (Å²) in [5.41, 5.74) is 0. The van der Waals surface area contributed by atoms with E-state index in [1.807, 2.05) is 0 Å². The molecule has 0 unspecified atom stereocenters. The first-order valence-corrected chi connectivity index (χ1v) is 2.79. The van der Waals surface area contributed by atoms with Crippen molar-refractivity contribution in [3.8, 4) is 0 Å². The van der Waals surface area contributed by atoms with Crippen LogP contribution in [-0.2, 0) is 7.05 Å². The molecule has 0 saturated carbocycles. The van der Waals surface area contributed by atoms with Crippen molar-refractivity contribution in [2.75, 3.05) is 0 Å². The molecule has 1 aromatic heterocycles. The van der Waals surface area contributed by atoms with E-state index in [1.54, 1.807) is 14.0 Å². The van der Waals surface area contributed by atoms with Gasteiger partial charge in [0.2, 0.25) is 0 Å². The summed E-state index contributed by atoms with van der Waals surface area (Å²) < 4.78 is 1.54. The van der Waals surface area contributed by atoms with E-state index < -0.39 is 0 Å². The van der Waals surface area contributed by atoms with Crippen LogP contribution >= 0.6 is 0 Å². The first kappa shape index (κ1) is 6.73. The van der Waals surface area contributed by atoms with Crippen molar-refractivity contribution in [3.63, 3.8) is 0 Å². The zero-order chi connectivity index (χ0) is 7.56. The maximum Gasteiger partial charge on any atom is 0.172 e. The van der Waals surface area contributed by atoms with Crippen LogP contribution in [0.25, 0.3) is 0 Å². The first-order valence-electron chi connectivity index (χ1n) is 2.79. The zero-order valence-corrected chi connectivity index (χ0v) is 5.81. The number of hydrogen-bond acceptors (Lipinski definition) is 4. The van der Waals surface area contributed by atoms with E-state index in [-0.39, 0.29) is 0 Å². The van der Waals surface area contributed by atoms with Gasteiger partial charge in [-0.3, -0.25) is 0 Å². The van der Waals surface area contributed by atoms with Crippen LogP contribution in [0.3, 0.4) is 0 Å². The molecule has 0 saturated heterocycles. The second-order valence-corrected chi connectivity index (χ2v) is 1.89. The minimum absolute atomic E-state index is 0.542. The van der Waals surface area contributed by atoms with Gasteiger partial charge in [-0.05, 0) is 6.92 Å². The number of aryl methyl sites for hydroxylation is 2. The van der Waals surface area contributed by atoms with Crippen molar-refractivity contribution in [2.45, 2.75) is 6.92 Å². The summed E-state index contributed by atoms with van der Waals surface area (Å²) >= 11 is 0. The molecule has 0 aliphatic carbocycles. The fraction of sp³-hybridized carbons (Fsp3) is 0.400. The maximum atomic E-state index is 8.14. The van der Waals surface area contributed by atoms with Gasteiger partial charge in [0.15, 0.2) is 5.82 Å². The third-order valence-corrected chi connectivity index (χ3v) is 1.08. The summed E-state index contributed by atoms with van der Waals surface area (Å²) in [5.74, 6) is 1.21. The zero-order valence-electron chi connectivity index (χ0n) is 5.81. The molecular formula is C5H8N4O. The Morgan fingerprint density at radius 2 is 2.40 bits per heavy atom. The summed E-state index contributed by atoms with van der Waals surface area (Å²) in [7, 11) is 1.73. The van der Waals surface area contributed by atoms with E-state index in [0.29, 0.717) is 11.6 Å². The lowest BCUT2D eigenvalue weighted by Gasteiger charge is -1.86. The quantitative estimate of drug-likeness (QED) is 0.337. The average Bonchev–Trinajstić information content (AvgIpc) is 2.13. The number of rotatable bonds is 1. The van der Waals surface area contributed by atoms with Crippen LogP contribution in [0.1, 0.15) is 11.6 Å². The third-order valence-electron chi connectivity index (χ3n) is 1.08. The minimum atomic E-state index is 0.542. The lowest BCUT2D eigenvalue weighted by Crippen LogP contribution is -1.97. The van der Waals surface area contributed by atoms with Crippen molar-refractivity contribution in [1.82, 2.24) is 14.8 Å². The van der Waals surface area contributed by atoms with E-state index in [9.17, 15) is 0 Å². The normalized spacial score (nSPS) is 11.0. The van der Waals surface area contributed by atoms with Crippen molar-refractivity contribution >= 4 is 6.21 Å². The van der Waals surface area contributed by atoms with Gasteiger partial charge in [0.25, 0.3) is 0 Å². The van der Waals surface area contributed by atoms with Gasteiger partial charge in [-0.2, -0.15) is 5.10 Å². The van der Waals surface area contributed by atoms with Crippen molar-refractivity contribution in [2.24, 2.45) is 12.2 Å². The molecule has 1 rings (SSSR count). The van der Waals surface area contributed by atoms with Crippen LogP contribution in [0.2, 0.25) is 0 Å². The Balaban J connectivity index is 3.03. The fourth-order valence-corrected chi connectivity index (χ4v) is 0.693. The van der Waals surface area contributed by atoms with Gasteiger partial charge in [0.1, 0.15) is 12.0 Å². The molecule has 0 aliphatic rings. The van der Waals surface area contributed by atoms with Crippen LogP contribution in [0.15, 0.2) is 5.16 Å². The second-order valence-electron chi connectivity index (χ2n) is 1.89. The molecule has 0 bridgehead atoms. The molecule has 10 heavy (non-hydrogen) atoms. The van der Waals surface area contributed by atoms with E-state index in [1.165, 1.54) is 10.9 Å². The smallest absolute Gasteiger partial charge is 0.172 e. The van der Waals surface area contributed by atoms with Gasteiger partial charge < -0.3 is 5.21 Å². The standard InChI is InChI=1S/C5H8N4O/c1-4-7-5(3-6-10)9(2)8-4/h3,10H,1-2H3. The Hall–Kier alpha value is -1.39. The highest BCUT2D eigenvalue weighted by Crippen LogP contribution is 1.90. The molecule has 0 fully saturated rings. The summed E-state index contributed by atoms with van der Waals surface area (Å²) in [4.78, 5) is 3.94. The number of nitrogens with zero attached hydrogens (tertiary/aromatic N) is 4. The Kier molecular flexibility index (Phi) is 1.66. The highest BCUT2D eigenvalue weighted by Gasteiger charge is 1.98. The van der Waals surface area contributed by atoms with Gasteiger partial charge in [-0.25, -0.2) is 9.67 Å². The van der Waals surface area contributed by atoms with Crippen LogP contribution in [-0.4, -0.2) is 26.2 Å². The molecule has 0 radical (unpaired) electrons. The van der Waals surface area contributed by atoms with Crippen molar-refractivity contribution in [1.29, 1.82) is 0 Å². The number of aromatic nitrogens is 3. The summed E-state index contributed by atoms with van der Waals surface area (Å²) in [6.45, 7) is 1.77. The SMILES string of the molecule is Cc1nc(C=NO)n(C)n1. The van der Waals surface area contributed by atoms with E-state index in [0.717, 1.165) is 0 Å². The van der Waals surface area contributed by atoms with Gasteiger partial charge in [-0.15, -0.1) is 0 Å². The lowest BCUT2D eigenvalue weighted by molar-refractivity contribution is 0.321. The molecule has 0 spiro atoms. The summed E-state index contributed by atoms with van der Waals surface area (Å²) in [6.07, 6.45) is 1.24. The average molecular weight is 140 g/mol. The predicted molar refractivity (Wildman–Crippen MR) is 35.1 cm³/mol. The third kappa shape index (κ3) is 1.12. The van der Waals surface area contributed by atoms with Crippen LogP contribution < -0.4 is 0 Å². The van der Waals surface area contributed by atoms with E-state index >= 15 is 0 Å². The lowest BCUT2D eigenvalue weighted by atomic mass is 10.6. The van der Waals surface area contributed by atoms with Crippen molar-refractivity contribution < 1.29 is 5.21 Å². The fourth-order valence-electron chi connectivity index (χ4n) is 0.693. The Morgan fingerprint density at radius 1 is 1.70 bits per heavy atom. The molecule has 0 aromatic carbocycles. The second kappa shape index (κ2) is 2.47. The summed E-state index contributed by atoms with van der Waals surface area (Å²) in [6, 6.07) is 0. The Labute approximate surface area is 58.0 Å². The largest absolute Gasteiger partial charge is 0.411 e. The van der Waals surface area contributed by atoms with Gasteiger partial charge in [-0.1, -0.05) is 5.16 Å². The van der Waals surface area contributed by atoms with Gasteiger partial charge >= 0.3 is 0 Å². The monoisotopic (exact) mass is 140 g/mol. The van der Waals surface area contributed by atoms with Crippen LogP contribution in [0.4, 0.5) is 0 Å². The van der Waals surface area contributed by atoms with Gasteiger partial charge in [0.05, 0.1) is 0 Å². The molecule has 0 atom stereocenters. The molecule has 0 amide bonds. The van der Waals surface area contributed by atoms with Crippen molar-refractivity contribution in [3.05, 3.63) is 11.6 Å². The number of hydrogen-bond donors (Lipinski definition) is 1. The topological polar surface area (TPSA) is 63.3 Å². The first-order chi connectivity index (χ1) is 4.74. The molecule has 5 nitrogen and oxygen atoms in total. The highest BCUT2D eigenvalue weighted by molar-refractivity contribution is 5.73. The molecule has 5 heteroatoms. The molecular weight excluding hydrogens is 132 g/mol. The Bertz CT molecular complexity index is 252. The predicted octanol–water partition coefficient (Wildman–Crippen LogP) is -0.0684. The molecule has 54 valence electrons. The minimum Gasteiger partial charge on any atom is -0.411 e. The molecule has 1 N–H and O–H groups in total. The molecule has 0 aliphatic heterocycles.